The van der Waals surface area contributed by atoms with Crippen LogP contribution in [0.25, 0.3) is 0 Å². The molecule has 0 unspecified atom stereocenters. The standard InChI is InChI=1S/C46H86N2O3/c1-3-5-7-9-11-13-15-17-19-21-23-25-27-29-31-33-39-48-44(43(42-45(48)49)46(50)51-41-40-47-37-34-35-38-47)36-32-30-28-26-24-22-20-18-16-14-12-10-8-6-4-2/h17,19,43-44H,3-16,18,20-42H2,1-2H3/b19-17-/t43-,44+/m0/s1. The van der Waals surface area contributed by atoms with Gasteiger partial charge in [-0.3, -0.25) is 14.5 Å². The molecule has 0 N–H and O–H groups in total. The Morgan fingerprint density at radius 3 is 1.51 bits per heavy atom. The smallest absolute Gasteiger partial charge is 0.311 e. The van der Waals surface area contributed by atoms with Gasteiger partial charge in [0.2, 0.25) is 5.91 Å². The number of amides is 1. The van der Waals surface area contributed by atoms with E-state index in [0.717, 1.165) is 45.4 Å². The Kier molecular flexibility index (Phi) is 29.8. The van der Waals surface area contributed by atoms with Crippen molar-refractivity contribution in [3.05, 3.63) is 12.2 Å². The number of hydrogen-bond acceptors (Lipinski definition) is 4. The normalized spacial score (nSPS) is 18.2. The molecular weight excluding hydrogens is 629 g/mol. The molecule has 2 aliphatic rings. The Morgan fingerprint density at radius 2 is 1.02 bits per heavy atom. The van der Waals surface area contributed by atoms with Crippen LogP contribution in [0.5, 0.6) is 0 Å². The molecule has 0 radical (unpaired) electrons. The minimum Gasteiger partial charge on any atom is -0.464 e. The second kappa shape index (κ2) is 33.2. The van der Waals surface area contributed by atoms with Crippen molar-refractivity contribution in [2.24, 2.45) is 5.92 Å². The van der Waals surface area contributed by atoms with Crippen molar-refractivity contribution in [3.8, 4) is 0 Å². The number of ether oxygens (including phenoxy) is 1. The van der Waals surface area contributed by atoms with Gasteiger partial charge in [0.05, 0.1) is 5.92 Å². The Hall–Kier alpha value is -1.36. The van der Waals surface area contributed by atoms with E-state index in [-0.39, 0.29) is 23.8 Å². The van der Waals surface area contributed by atoms with E-state index in [1.165, 1.54) is 186 Å². The van der Waals surface area contributed by atoms with Crippen molar-refractivity contribution in [1.82, 2.24) is 9.80 Å². The number of hydrogen-bond donors (Lipinski definition) is 0. The molecule has 0 aliphatic carbocycles. The number of rotatable bonds is 36. The average molecular weight is 715 g/mol. The van der Waals surface area contributed by atoms with Crippen LogP contribution in [0.2, 0.25) is 0 Å². The summed E-state index contributed by atoms with van der Waals surface area (Å²) >= 11 is 0. The van der Waals surface area contributed by atoms with Crippen LogP contribution in [0.3, 0.4) is 0 Å². The first-order valence-corrected chi connectivity index (χ1v) is 23.0. The van der Waals surface area contributed by atoms with Gasteiger partial charge in [0.1, 0.15) is 6.61 Å². The van der Waals surface area contributed by atoms with Crippen LogP contribution < -0.4 is 0 Å². The Balaban J connectivity index is 1.61. The first kappa shape index (κ1) is 45.8. The molecule has 2 saturated heterocycles. The fourth-order valence-electron chi connectivity index (χ4n) is 8.37. The maximum absolute atomic E-state index is 13.3. The molecule has 5 nitrogen and oxygen atoms in total. The second-order valence-electron chi connectivity index (χ2n) is 16.4. The summed E-state index contributed by atoms with van der Waals surface area (Å²) in [5.74, 6) is -0.232. The molecule has 2 heterocycles. The topological polar surface area (TPSA) is 49.9 Å². The molecular formula is C46H86N2O3. The highest BCUT2D eigenvalue weighted by molar-refractivity contribution is 5.87. The average Bonchev–Trinajstić information content (AvgIpc) is 3.77. The summed E-state index contributed by atoms with van der Waals surface area (Å²) in [6.07, 6.45) is 47.0. The first-order valence-electron chi connectivity index (χ1n) is 23.0. The number of nitrogens with zero attached hydrogens (tertiary/aromatic N) is 2. The minimum atomic E-state index is -0.281. The van der Waals surface area contributed by atoms with Gasteiger partial charge in [0, 0.05) is 25.6 Å². The van der Waals surface area contributed by atoms with E-state index in [1.807, 2.05) is 0 Å². The van der Waals surface area contributed by atoms with Crippen molar-refractivity contribution in [2.45, 2.75) is 232 Å². The van der Waals surface area contributed by atoms with Gasteiger partial charge >= 0.3 is 5.97 Å². The third kappa shape index (κ3) is 23.8. The maximum atomic E-state index is 13.3. The lowest BCUT2D eigenvalue weighted by molar-refractivity contribution is -0.150. The largest absolute Gasteiger partial charge is 0.464 e. The van der Waals surface area contributed by atoms with Crippen LogP contribution in [0.4, 0.5) is 0 Å². The van der Waals surface area contributed by atoms with E-state index in [9.17, 15) is 9.59 Å². The highest BCUT2D eigenvalue weighted by Crippen LogP contribution is 2.31. The number of esters is 1. The van der Waals surface area contributed by atoms with E-state index in [1.54, 1.807) is 0 Å². The van der Waals surface area contributed by atoms with Gasteiger partial charge in [-0.05, 0) is 64.5 Å². The van der Waals surface area contributed by atoms with Crippen LogP contribution in [-0.2, 0) is 14.3 Å². The van der Waals surface area contributed by atoms with Gasteiger partial charge in [-0.1, -0.05) is 180 Å². The first-order chi connectivity index (χ1) is 25.2. The zero-order valence-corrected chi connectivity index (χ0v) is 34.3. The Morgan fingerprint density at radius 1 is 0.588 bits per heavy atom. The zero-order valence-electron chi connectivity index (χ0n) is 34.3. The SMILES string of the molecule is CCCCCCCC/C=C\CCCCCCCCN1C(=O)C[C@H](C(=O)OCCN2CCCC2)[C@H]1CCCCCCCCCCCCCCCCC. The van der Waals surface area contributed by atoms with Crippen LogP contribution in [0.1, 0.15) is 226 Å². The fraction of sp³-hybridized carbons (Fsp3) is 0.913. The number of carbonyl (C=O) groups is 2. The lowest BCUT2D eigenvalue weighted by atomic mass is 9.94. The molecule has 298 valence electrons. The summed E-state index contributed by atoms with van der Waals surface area (Å²) in [5, 5.41) is 0. The summed E-state index contributed by atoms with van der Waals surface area (Å²) in [6.45, 7) is 8.90. The Bertz CT molecular complexity index is 838. The van der Waals surface area contributed by atoms with Crippen LogP contribution in [-0.4, -0.2) is 60.5 Å². The summed E-state index contributed by atoms with van der Waals surface area (Å²) in [4.78, 5) is 31.0. The molecule has 2 fully saturated rings. The summed E-state index contributed by atoms with van der Waals surface area (Å²) in [6, 6.07) is 0.0295. The fourth-order valence-corrected chi connectivity index (χ4v) is 8.37. The number of unbranched alkanes of at least 4 members (excludes halogenated alkanes) is 26. The maximum Gasteiger partial charge on any atom is 0.311 e. The van der Waals surface area contributed by atoms with Crippen LogP contribution in [0.15, 0.2) is 12.2 Å². The number of carbonyl (C=O) groups excluding carboxylic acids is 2. The highest BCUT2D eigenvalue weighted by Gasteiger charge is 2.43. The Labute approximate surface area is 317 Å². The van der Waals surface area contributed by atoms with E-state index < -0.39 is 0 Å². The molecule has 0 aromatic heterocycles. The molecule has 2 aliphatic heterocycles. The van der Waals surface area contributed by atoms with Crippen LogP contribution >= 0.6 is 0 Å². The van der Waals surface area contributed by atoms with Gasteiger partial charge in [0.15, 0.2) is 0 Å². The van der Waals surface area contributed by atoms with E-state index in [0.29, 0.717) is 13.0 Å². The predicted octanol–water partition coefficient (Wildman–Crippen LogP) is 13.1. The van der Waals surface area contributed by atoms with E-state index in [2.05, 4.69) is 35.8 Å². The summed E-state index contributed by atoms with van der Waals surface area (Å²) in [5.41, 5.74) is 0. The zero-order chi connectivity index (χ0) is 36.5. The van der Waals surface area contributed by atoms with Crippen LogP contribution in [0, 0.1) is 5.92 Å². The van der Waals surface area contributed by atoms with Crippen molar-refractivity contribution in [1.29, 1.82) is 0 Å². The third-order valence-corrected chi connectivity index (χ3v) is 11.7. The molecule has 1 amide bonds. The molecule has 0 bridgehead atoms. The minimum absolute atomic E-state index is 0.0295. The van der Waals surface area contributed by atoms with E-state index in [4.69, 9.17) is 4.74 Å². The highest BCUT2D eigenvalue weighted by atomic mass is 16.5. The lowest BCUT2D eigenvalue weighted by Gasteiger charge is -2.28. The monoisotopic (exact) mass is 715 g/mol. The summed E-state index contributed by atoms with van der Waals surface area (Å²) < 4.78 is 5.81. The van der Waals surface area contributed by atoms with Crippen molar-refractivity contribution >= 4 is 11.9 Å². The molecule has 2 atom stereocenters. The molecule has 2 rings (SSSR count). The summed E-state index contributed by atoms with van der Waals surface area (Å²) in [7, 11) is 0. The van der Waals surface area contributed by atoms with Crippen molar-refractivity contribution in [3.63, 3.8) is 0 Å². The van der Waals surface area contributed by atoms with E-state index >= 15 is 0 Å². The van der Waals surface area contributed by atoms with Crippen molar-refractivity contribution in [2.75, 3.05) is 32.8 Å². The predicted molar refractivity (Wildman–Crippen MR) is 219 cm³/mol. The number of likely N-dealkylation sites (tertiary alicyclic amines) is 2. The van der Waals surface area contributed by atoms with Gasteiger partial charge in [-0.25, -0.2) is 0 Å². The molecule has 0 aromatic carbocycles. The second-order valence-corrected chi connectivity index (χ2v) is 16.4. The molecule has 0 aromatic rings. The molecule has 0 saturated carbocycles. The lowest BCUT2D eigenvalue weighted by Crippen LogP contribution is -2.39. The van der Waals surface area contributed by atoms with Crippen molar-refractivity contribution < 1.29 is 14.3 Å². The third-order valence-electron chi connectivity index (χ3n) is 11.7. The molecule has 51 heavy (non-hydrogen) atoms. The van der Waals surface area contributed by atoms with Gasteiger partial charge in [-0.2, -0.15) is 0 Å². The molecule has 5 heteroatoms. The number of allylic oxidation sites excluding steroid dienone is 2. The van der Waals surface area contributed by atoms with Gasteiger partial charge in [-0.15, -0.1) is 0 Å². The van der Waals surface area contributed by atoms with Gasteiger partial charge in [0.25, 0.3) is 0 Å². The van der Waals surface area contributed by atoms with Gasteiger partial charge < -0.3 is 9.64 Å². The quantitative estimate of drug-likeness (QED) is 0.0368. The molecule has 0 spiro atoms.